The summed E-state index contributed by atoms with van der Waals surface area (Å²) in [4.78, 5) is 46.3. The number of amides is 2. The minimum absolute atomic E-state index is 0.0930. The molecule has 2 amide bonds. The van der Waals surface area contributed by atoms with Crippen molar-refractivity contribution in [3.63, 3.8) is 0 Å². The number of nitrogens with one attached hydrogen (secondary N) is 2. The number of ketones is 1. The Morgan fingerprint density at radius 2 is 1.74 bits per heavy atom. The molecule has 2 heterocycles. The first-order chi connectivity index (χ1) is 16.8. The first-order valence-corrected chi connectivity index (χ1v) is 12.0. The summed E-state index contributed by atoms with van der Waals surface area (Å²) in [6, 6.07) is 15.5. The van der Waals surface area contributed by atoms with Gasteiger partial charge in [-0.1, -0.05) is 62.4 Å². The molecule has 0 aliphatic carbocycles. The molecule has 1 aliphatic heterocycles. The highest BCUT2D eigenvalue weighted by Gasteiger charge is 2.41. The standard InChI is InChI=1S/C28H32N4O3/c1-17(2)25(31-27(34)18(3)29-4)28(35)32-16-20-10-6-8-12-22(20)26(32)24(33)15-23-21-11-7-5-9-19(21)13-14-30-23/h5-14,17-18,25-26,29H,15-16H2,1-4H3,(H,31,34)/t18-,25-,26?/m0/s1. The van der Waals surface area contributed by atoms with Crippen LogP contribution >= 0.6 is 0 Å². The molecule has 1 aliphatic rings. The van der Waals surface area contributed by atoms with Crippen molar-refractivity contribution in [1.29, 1.82) is 0 Å². The molecule has 0 fully saturated rings. The van der Waals surface area contributed by atoms with E-state index in [1.54, 1.807) is 25.1 Å². The van der Waals surface area contributed by atoms with E-state index >= 15 is 0 Å². The normalized spacial score (nSPS) is 16.7. The molecule has 35 heavy (non-hydrogen) atoms. The number of hydrogen-bond acceptors (Lipinski definition) is 5. The van der Waals surface area contributed by atoms with Crippen molar-refractivity contribution in [2.24, 2.45) is 5.92 Å². The van der Waals surface area contributed by atoms with Gasteiger partial charge < -0.3 is 15.5 Å². The molecule has 0 spiro atoms. The fourth-order valence-corrected chi connectivity index (χ4v) is 4.63. The number of carbonyl (C=O) groups is 3. The van der Waals surface area contributed by atoms with Crippen molar-refractivity contribution in [3.8, 4) is 0 Å². The number of pyridine rings is 1. The van der Waals surface area contributed by atoms with Crippen LogP contribution in [-0.4, -0.2) is 46.6 Å². The predicted octanol–water partition coefficient (Wildman–Crippen LogP) is 3.18. The van der Waals surface area contributed by atoms with E-state index in [0.29, 0.717) is 12.2 Å². The summed E-state index contributed by atoms with van der Waals surface area (Å²) in [5.74, 6) is -0.740. The quantitative estimate of drug-likeness (QED) is 0.526. The Labute approximate surface area is 205 Å². The largest absolute Gasteiger partial charge is 0.343 e. The van der Waals surface area contributed by atoms with Crippen molar-refractivity contribution in [2.75, 3.05) is 7.05 Å². The highest BCUT2D eigenvalue weighted by atomic mass is 16.2. The van der Waals surface area contributed by atoms with Gasteiger partial charge in [-0.05, 0) is 42.5 Å². The second kappa shape index (κ2) is 10.4. The molecule has 3 aromatic rings. The minimum Gasteiger partial charge on any atom is -0.343 e. The SMILES string of the molecule is CN[C@@H](C)C(=O)N[C@H](C(=O)N1Cc2ccccc2C1C(=O)Cc1nccc2ccccc12)C(C)C. The fraction of sp³-hybridized carbons (Fsp3) is 0.357. The van der Waals surface area contributed by atoms with Crippen molar-refractivity contribution < 1.29 is 14.4 Å². The van der Waals surface area contributed by atoms with Gasteiger partial charge in [0.1, 0.15) is 12.1 Å². The molecule has 7 heteroatoms. The highest BCUT2D eigenvalue weighted by Crippen LogP contribution is 2.36. The van der Waals surface area contributed by atoms with Crippen LogP contribution in [0.4, 0.5) is 0 Å². The number of likely N-dealkylation sites (N-methyl/N-ethyl adjacent to an activating group) is 1. The summed E-state index contributed by atoms with van der Waals surface area (Å²) in [6.45, 7) is 5.86. The van der Waals surface area contributed by atoms with Gasteiger partial charge in [-0.15, -0.1) is 0 Å². The maximum Gasteiger partial charge on any atom is 0.246 e. The lowest BCUT2D eigenvalue weighted by Crippen LogP contribution is -2.54. The molecule has 2 N–H and O–H groups in total. The summed E-state index contributed by atoms with van der Waals surface area (Å²) in [5.41, 5.74) is 2.48. The topological polar surface area (TPSA) is 91.4 Å². The number of nitrogens with zero attached hydrogens (tertiary/aromatic N) is 2. The predicted molar refractivity (Wildman–Crippen MR) is 135 cm³/mol. The van der Waals surface area contributed by atoms with Crippen LogP contribution in [0.25, 0.3) is 10.8 Å². The molecule has 7 nitrogen and oxygen atoms in total. The Morgan fingerprint density at radius 3 is 2.49 bits per heavy atom. The van der Waals surface area contributed by atoms with Crippen molar-refractivity contribution in [3.05, 3.63) is 77.6 Å². The molecular formula is C28H32N4O3. The summed E-state index contributed by atoms with van der Waals surface area (Å²) < 4.78 is 0. The van der Waals surface area contributed by atoms with Gasteiger partial charge in [-0.25, -0.2) is 0 Å². The Bertz CT molecular complexity index is 1250. The van der Waals surface area contributed by atoms with Gasteiger partial charge in [0.05, 0.1) is 18.2 Å². The zero-order valence-electron chi connectivity index (χ0n) is 20.6. The summed E-state index contributed by atoms with van der Waals surface area (Å²) in [5, 5.41) is 7.74. The van der Waals surface area contributed by atoms with Crippen molar-refractivity contribution >= 4 is 28.4 Å². The number of hydrogen-bond donors (Lipinski definition) is 2. The molecule has 3 atom stereocenters. The number of carbonyl (C=O) groups excluding carboxylic acids is 3. The van der Waals surface area contributed by atoms with Crippen LogP contribution in [0, 0.1) is 5.92 Å². The maximum absolute atomic E-state index is 13.8. The van der Waals surface area contributed by atoms with Crippen LogP contribution in [0.5, 0.6) is 0 Å². The third-order valence-corrected chi connectivity index (χ3v) is 6.74. The van der Waals surface area contributed by atoms with E-state index in [2.05, 4.69) is 15.6 Å². The molecule has 4 rings (SSSR count). The van der Waals surface area contributed by atoms with Gasteiger partial charge >= 0.3 is 0 Å². The second-order valence-electron chi connectivity index (χ2n) is 9.43. The van der Waals surface area contributed by atoms with E-state index in [9.17, 15) is 14.4 Å². The molecule has 0 saturated carbocycles. The van der Waals surface area contributed by atoms with Gasteiger partial charge in [-0.2, -0.15) is 0 Å². The zero-order chi connectivity index (χ0) is 25.1. The molecule has 182 valence electrons. The van der Waals surface area contributed by atoms with Crippen LogP contribution in [-0.2, 0) is 27.3 Å². The molecule has 0 radical (unpaired) electrons. The molecule has 0 bridgehead atoms. The second-order valence-corrected chi connectivity index (χ2v) is 9.43. The van der Waals surface area contributed by atoms with E-state index in [4.69, 9.17) is 0 Å². The average molecular weight is 473 g/mol. The van der Waals surface area contributed by atoms with E-state index in [1.165, 1.54) is 0 Å². The minimum atomic E-state index is -0.737. The average Bonchev–Trinajstić information content (AvgIpc) is 3.26. The van der Waals surface area contributed by atoms with Crippen molar-refractivity contribution in [2.45, 2.75) is 51.9 Å². The smallest absolute Gasteiger partial charge is 0.246 e. The van der Waals surface area contributed by atoms with Gasteiger partial charge in [0, 0.05) is 18.1 Å². The fourth-order valence-electron chi connectivity index (χ4n) is 4.63. The lowest BCUT2D eigenvalue weighted by Gasteiger charge is -2.31. The number of fused-ring (bicyclic) bond motifs is 2. The lowest BCUT2D eigenvalue weighted by atomic mass is 9.96. The van der Waals surface area contributed by atoms with Crippen LogP contribution in [0.1, 0.15) is 43.6 Å². The lowest BCUT2D eigenvalue weighted by molar-refractivity contribution is -0.143. The molecule has 1 aromatic heterocycles. The number of rotatable bonds is 8. The molecule has 1 unspecified atom stereocenters. The summed E-state index contributed by atoms with van der Waals surface area (Å²) in [7, 11) is 1.70. The highest BCUT2D eigenvalue weighted by molar-refractivity contribution is 5.97. The Hall–Kier alpha value is -3.58. The monoisotopic (exact) mass is 472 g/mol. The van der Waals surface area contributed by atoms with E-state index in [-0.39, 0.29) is 29.9 Å². The first kappa shape index (κ1) is 24.5. The van der Waals surface area contributed by atoms with Crippen LogP contribution in [0.3, 0.4) is 0 Å². The van der Waals surface area contributed by atoms with Gasteiger partial charge in [0.25, 0.3) is 0 Å². The van der Waals surface area contributed by atoms with E-state index in [1.807, 2.05) is 68.4 Å². The molecule has 0 saturated heterocycles. The first-order valence-electron chi connectivity index (χ1n) is 12.0. The Kier molecular flexibility index (Phi) is 7.26. The Balaban J connectivity index is 1.65. The zero-order valence-corrected chi connectivity index (χ0v) is 20.6. The van der Waals surface area contributed by atoms with Gasteiger partial charge in [0.15, 0.2) is 5.78 Å². The van der Waals surface area contributed by atoms with E-state index < -0.39 is 18.1 Å². The van der Waals surface area contributed by atoms with Crippen molar-refractivity contribution in [1.82, 2.24) is 20.5 Å². The number of Topliss-reactive ketones (excluding diaryl/α,β-unsaturated/α-hetero) is 1. The molecule has 2 aromatic carbocycles. The number of benzene rings is 2. The summed E-state index contributed by atoms with van der Waals surface area (Å²) >= 11 is 0. The van der Waals surface area contributed by atoms with Gasteiger partial charge in [-0.3, -0.25) is 19.4 Å². The van der Waals surface area contributed by atoms with Crippen LogP contribution < -0.4 is 10.6 Å². The van der Waals surface area contributed by atoms with Crippen LogP contribution in [0.2, 0.25) is 0 Å². The van der Waals surface area contributed by atoms with E-state index in [0.717, 1.165) is 21.9 Å². The van der Waals surface area contributed by atoms with Crippen LogP contribution in [0.15, 0.2) is 60.8 Å². The third-order valence-electron chi connectivity index (χ3n) is 6.74. The third kappa shape index (κ3) is 4.95. The Morgan fingerprint density at radius 1 is 1.03 bits per heavy atom. The van der Waals surface area contributed by atoms with Gasteiger partial charge in [0.2, 0.25) is 11.8 Å². The summed E-state index contributed by atoms with van der Waals surface area (Å²) in [6.07, 6.45) is 1.82. The maximum atomic E-state index is 13.8. The number of aromatic nitrogens is 1. The molecular weight excluding hydrogens is 440 g/mol.